The molecule has 208 valence electrons. The number of carboxylic acid groups (broad SMARTS) is 1. The maximum atomic E-state index is 12.5. The molecule has 1 fully saturated rings. The summed E-state index contributed by atoms with van der Waals surface area (Å²) >= 11 is 0. The topological polar surface area (TPSA) is 111 Å². The van der Waals surface area contributed by atoms with E-state index in [1.807, 2.05) is 83.5 Å². The summed E-state index contributed by atoms with van der Waals surface area (Å²) in [4.78, 5) is 12.5. The number of methoxy groups -OCH3 is 1. The van der Waals surface area contributed by atoms with Crippen LogP contribution in [0.4, 0.5) is 0 Å². The van der Waals surface area contributed by atoms with E-state index in [2.05, 4.69) is 20.8 Å². The van der Waals surface area contributed by atoms with Crippen molar-refractivity contribution >= 4 is 5.97 Å². The van der Waals surface area contributed by atoms with Gasteiger partial charge in [0.05, 0.1) is 19.2 Å². The predicted molar refractivity (Wildman–Crippen MR) is 150 cm³/mol. The second-order valence-electron chi connectivity index (χ2n) is 10.2. The Morgan fingerprint density at radius 1 is 0.950 bits per heavy atom. The minimum atomic E-state index is -0.945. The molecule has 5 rings (SSSR count). The van der Waals surface area contributed by atoms with Crippen LogP contribution in [0.3, 0.4) is 0 Å². The number of nitrogens with zero attached hydrogens (tertiary/aromatic N) is 4. The fourth-order valence-corrected chi connectivity index (χ4v) is 5.21. The molecule has 0 bridgehead atoms. The lowest BCUT2D eigenvalue weighted by Crippen LogP contribution is -2.42. The molecule has 1 aromatic heterocycles. The zero-order valence-corrected chi connectivity index (χ0v) is 22.6. The van der Waals surface area contributed by atoms with Crippen LogP contribution >= 0.6 is 0 Å². The summed E-state index contributed by atoms with van der Waals surface area (Å²) in [6.07, 6.45) is 5.78. The van der Waals surface area contributed by atoms with E-state index in [1.165, 1.54) is 6.42 Å². The van der Waals surface area contributed by atoms with Crippen molar-refractivity contribution < 1.29 is 19.4 Å². The predicted octanol–water partition coefficient (Wildman–Crippen LogP) is 5.14. The molecule has 9 heteroatoms. The van der Waals surface area contributed by atoms with Crippen LogP contribution in [-0.2, 0) is 17.8 Å². The van der Waals surface area contributed by atoms with E-state index < -0.39 is 18.1 Å². The number of benzene rings is 3. The van der Waals surface area contributed by atoms with E-state index in [9.17, 15) is 9.90 Å². The van der Waals surface area contributed by atoms with Gasteiger partial charge in [0.2, 0.25) is 0 Å². The number of carbonyl (C=O) groups is 1. The van der Waals surface area contributed by atoms with Crippen LogP contribution in [0.25, 0.3) is 0 Å². The second kappa shape index (κ2) is 13.2. The lowest BCUT2D eigenvalue weighted by atomic mass is 9.95. The highest BCUT2D eigenvalue weighted by molar-refractivity contribution is 5.74. The smallest absolute Gasteiger partial charge is 0.321 e. The van der Waals surface area contributed by atoms with E-state index in [4.69, 9.17) is 9.47 Å². The van der Waals surface area contributed by atoms with Gasteiger partial charge in [-0.15, -0.1) is 5.10 Å². The van der Waals surface area contributed by atoms with Crippen LogP contribution in [-0.4, -0.2) is 44.4 Å². The van der Waals surface area contributed by atoms with Crippen molar-refractivity contribution in [2.75, 3.05) is 7.11 Å². The zero-order valence-electron chi connectivity index (χ0n) is 22.6. The minimum Gasteiger partial charge on any atom is -0.497 e. The Kier molecular flexibility index (Phi) is 9.03. The van der Waals surface area contributed by atoms with E-state index in [-0.39, 0.29) is 12.5 Å². The summed E-state index contributed by atoms with van der Waals surface area (Å²) in [5, 5.41) is 26.3. The summed E-state index contributed by atoms with van der Waals surface area (Å²) in [6.45, 7) is 0.471. The first-order chi connectivity index (χ1) is 19.6. The van der Waals surface area contributed by atoms with Gasteiger partial charge in [-0.1, -0.05) is 73.9 Å². The van der Waals surface area contributed by atoms with Gasteiger partial charge in [-0.05, 0) is 70.6 Å². The molecule has 0 amide bonds. The molecule has 40 heavy (non-hydrogen) atoms. The number of aliphatic carboxylic acids is 1. The normalized spacial score (nSPS) is 15.3. The molecule has 0 radical (unpaired) electrons. The van der Waals surface area contributed by atoms with Gasteiger partial charge in [0.15, 0.2) is 5.82 Å². The van der Waals surface area contributed by atoms with Crippen molar-refractivity contribution in [1.29, 1.82) is 0 Å². The maximum Gasteiger partial charge on any atom is 0.321 e. The van der Waals surface area contributed by atoms with Gasteiger partial charge in [0, 0.05) is 0 Å². The summed E-state index contributed by atoms with van der Waals surface area (Å²) in [5.74, 6) is 1.13. The van der Waals surface area contributed by atoms with Gasteiger partial charge < -0.3 is 14.6 Å². The largest absolute Gasteiger partial charge is 0.497 e. The Hall–Kier alpha value is -4.24. The Morgan fingerprint density at radius 2 is 1.65 bits per heavy atom. The molecule has 1 aliphatic rings. The number of tetrazole rings is 1. The molecule has 1 unspecified atom stereocenters. The Balaban J connectivity index is 1.35. The van der Waals surface area contributed by atoms with Crippen molar-refractivity contribution in [1.82, 2.24) is 25.5 Å². The maximum absolute atomic E-state index is 12.5. The SMILES string of the molecule is COc1ccc(C(N[C@@H](Cc2ccc(OCc3ccccc3)cc2)C(=O)O)c2nnnn2C2CCCCC2)cc1. The third-order valence-electron chi connectivity index (χ3n) is 7.42. The highest BCUT2D eigenvalue weighted by atomic mass is 16.5. The van der Waals surface area contributed by atoms with E-state index in [0.717, 1.165) is 53.9 Å². The fourth-order valence-electron chi connectivity index (χ4n) is 5.21. The van der Waals surface area contributed by atoms with Crippen LogP contribution in [0.5, 0.6) is 11.5 Å². The van der Waals surface area contributed by atoms with Gasteiger partial charge >= 0.3 is 5.97 Å². The molecule has 0 aliphatic heterocycles. The Labute approximate surface area is 234 Å². The molecular formula is C31H35N5O4. The first-order valence-electron chi connectivity index (χ1n) is 13.8. The second-order valence-corrected chi connectivity index (χ2v) is 10.2. The third kappa shape index (κ3) is 6.84. The summed E-state index contributed by atoms with van der Waals surface area (Å²) in [6, 6.07) is 23.9. The molecule has 1 heterocycles. The van der Waals surface area contributed by atoms with E-state index in [1.54, 1.807) is 7.11 Å². The Morgan fingerprint density at radius 3 is 2.33 bits per heavy atom. The molecule has 1 saturated carbocycles. The number of nitrogens with one attached hydrogen (secondary N) is 1. The molecule has 0 spiro atoms. The number of rotatable bonds is 12. The third-order valence-corrected chi connectivity index (χ3v) is 7.42. The molecule has 4 aromatic rings. The molecule has 3 aromatic carbocycles. The van der Waals surface area contributed by atoms with Crippen molar-refractivity contribution in [2.45, 2.75) is 63.3 Å². The zero-order chi connectivity index (χ0) is 27.7. The molecular weight excluding hydrogens is 506 g/mol. The minimum absolute atomic E-state index is 0.202. The van der Waals surface area contributed by atoms with Crippen LogP contribution in [0.15, 0.2) is 78.9 Å². The van der Waals surface area contributed by atoms with Gasteiger partial charge in [-0.2, -0.15) is 0 Å². The average molecular weight is 542 g/mol. The standard InChI is InChI=1S/C31H35N5O4/c1-39-26-18-14-24(15-19-26)29(30-33-34-35-36(30)25-10-6-3-7-11-25)32-28(31(37)38)20-22-12-16-27(17-13-22)40-21-23-8-4-2-5-9-23/h2,4-5,8-9,12-19,25,28-29,32H,3,6-7,10-11,20-21H2,1H3,(H,37,38)/t28-,29?/m0/s1. The quantitative estimate of drug-likeness (QED) is 0.254. The average Bonchev–Trinajstić information content (AvgIpc) is 3.49. The summed E-state index contributed by atoms with van der Waals surface area (Å²) in [7, 11) is 1.62. The first-order valence-corrected chi connectivity index (χ1v) is 13.8. The molecule has 2 atom stereocenters. The van der Waals surface area contributed by atoms with Crippen LogP contribution < -0.4 is 14.8 Å². The highest BCUT2D eigenvalue weighted by Crippen LogP contribution is 2.31. The monoisotopic (exact) mass is 541 g/mol. The molecule has 2 N–H and O–H groups in total. The summed E-state index contributed by atoms with van der Waals surface area (Å²) in [5.41, 5.74) is 2.83. The van der Waals surface area contributed by atoms with Crippen molar-refractivity contribution in [3.8, 4) is 11.5 Å². The van der Waals surface area contributed by atoms with Crippen molar-refractivity contribution in [3.63, 3.8) is 0 Å². The van der Waals surface area contributed by atoms with Crippen LogP contribution in [0, 0.1) is 0 Å². The number of ether oxygens (including phenoxy) is 2. The fraction of sp³-hybridized carbons (Fsp3) is 0.355. The van der Waals surface area contributed by atoms with Crippen molar-refractivity contribution in [3.05, 3.63) is 101 Å². The van der Waals surface area contributed by atoms with Crippen LogP contribution in [0.1, 0.15) is 66.7 Å². The number of carboxylic acids is 1. The van der Waals surface area contributed by atoms with Gasteiger partial charge in [-0.25, -0.2) is 4.68 Å². The van der Waals surface area contributed by atoms with Gasteiger partial charge in [-0.3, -0.25) is 10.1 Å². The van der Waals surface area contributed by atoms with Crippen molar-refractivity contribution in [2.24, 2.45) is 0 Å². The number of aromatic nitrogens is 4. The molecule has 9 nitrogen and oxygen atoms in total. The van der Waals surface area contributed by atoms with Gasteiger partial charge in [0.1, 0.15) is 24.1 Å². The van der Waals surface area contributed by atoms with Crippen LogP contribution in [0.2, 0.25) is 0 Å². The van der Waals surface area contributed by atoms with Gasteiger partial charge in [0.25, 0.3) is 0 Å². The lowest BCUT2D eigenvalue weighted by Gasteiger charge is -2.27. The number of hydrogen-bond donors (Lipinski definition) is 2. The molecule has 0 saturated heterocycles. The Bertz CT molecular complexity index is 1350. The lowest BCUT2D eigenvalue weighted by molar-refractivity contribution is -0.139. The van der Waals surface area contributed by atoms with E-state index >= 15 is 0 Å². The van der Waals surface area contributed by atoms with E-state index in [0.29, 0.717) is 12.4 Å². The highest BCUT2D eigenvalue weighted by Gasteiger charge is 2.30. The first kappa shape index (κ1) is 27.3. The summed E-state index contributed by atoms with van der Waals surface area (Å²) < 4.78 is 13.1. The number of hydrogen-bond acceptors (Lipinski definition) is 7. The molecule has 1 aliphatic carbocycles.